The quantitative estimate of drug-likeness (QED) is 0.230. The molecule has 0 saturated heterocycles. The molecule has 3 aromatic heterocycles. The van der Waals surface area contributed by atoms with Crippen molar-refractivity contribution in [1.29, 1.82) is 0 Å². The molecule has 0 unspecified atom stereocenters. The third kappa shape index (κ3) is 3.38. The first-order valence-electron chi connectivity index (χ1n) is 13.7. The van der Waals surface area contributed by atoms with Crippen molar-refractivity contribution in [2.75, 3.05) is 0 Å². The zero-order chi connectivity index (χ0) is 26.9. The van der Waals surface area contributed by atoms with E-state index >= 15 is 0 Å². The van der Waals surface area contributed by atoms with Crippen molar-refractivity contribution in [3.05, 3.63) is 133 Å². The minimum Gasteiger partial charge on any atom is -0.456 e. The largest absolute Gasteiger partial charge is 0.456 e. The van der Waals surface area contributed by atoms with E-state index in [4.69, 9.17) is 13.8 Å². The summed E-state index contributed by atoms with van der Waals surface area (Å²) in [6.07, 6.45) is 0. The lowest BCUT2D eigenvalue weighted by molar-refractivity contribution is 0.620. The van der Waals surface area contributed by atoms with Gasteiger partial charge in [0.25, 0.3) is 0 Å². The maximum Gasteiger partial charge on any atom is 0.227 e. The van der Waals surface area contributed by atoms with Crippen LogP contribution in [0.3, 0.4) is 0 Å². The number of benzene rings is 6. The first-order chi connectivity index (χ1) is 20.3. The van der Waals surface area contributed by atoms with Gasteiger partial charge in [0.15, 0.2) is 5.58 Å². The van der Waals surface area contributed by atoms with Gasteiger partial charge in [0.2, 0.25) is 5.89 Å². The molecular weight excluding hydrogens is 504 g/mol. The van der Waals surface area contributed by atoms with E-state index in [1.165, 1.54) is 11.1 Å². The molecule has 0 saturated carbocycles. The fourth-order valence-electron chi connectivity index (χ4n) is 6.09. The summed E-state index contributed by atoms with van der Waals surface area (Å²) in [7, 11) is 0. The van der Waals surface area contributed by atoms with Crippen molar-refractivity contribution in [2.45, 2.75) is 0 Å². The lowest BCUT2D eigenvalue weighted by Crippen LogP contribution is -1.93. The molecule has 0 radical (unpaired) electrons. The molecule has 9 rings (SSSR count). The Kier molecular flexibility index (Phi) is 4.58. The summed E-state index contributed by atoms with van der Waals surface area (Å²) < 4.78 is 14.8. The Balaban J connectivity index is 1.35. The molecule has 0 atom stereocenters. The highest BCUT2D eigenvalue weighted by Crippen LogP contribution is 2.39. The van der Waals surface area contributed by atoms with Crippen LogP contribution in [-0.4, -0.2) is 9.55 Å². The van der Waals surface area contributed by atoms with Crippen molar-refractivity contribution >= 4 is 54.8 Å². The summed E-state index contributed by atoms with van der Waals surface area (Å²) in [5, 5.41) is 4.50. The Labute approximate surface area is 234 Å². The van der Waals surface area contributed by atoms with E-state index in [9.17, 15) is 0 Å². The van der Waals surface area contributed by atoms with E-state index in [1.807, 2.05) is 42.5 Å². The van der Waals surface area contributed by atoms with Gasteiger partial charge in [-0.05, 0) is 71.8 Å². The molecule has 0 aliphatic heterocycles. The van der Waals surface area contributed by atoms with E-state index in [2.05, 4.69) is 95.6 Å². The van der Waals surface area contributed by atoms with Gasteiger partial charge < -0.3 is 13.4 Å². The highest BCUT2D eigenvalue weighted by atomic mass is 16.3. The Morgan fingerprint density at radius 3 is 2.02 bits per heavy atom. The van der Waals surface area contributed by atoms with Gasteiger partial charge in [0.1, 0.15) is 16.7 Å². The lowest BCUT2D eigenvalue weighted by atomic mass is 10.0. The first kappa shape index (κ1) is 22.2. The fraction of sp³-hybridized carbons (Fsp3) is 0. The molecule has 0 aliphatic carbocycles. The maximum atomic E-state index is 6.30. The molecule has 0 amide bonds. The van der Waals surface area contributed by atoms with Crippen LogP contribution in [0.1, 0.15) is 0 Å². The molecule has 41 heavy (non-hydrogen) atoms. The SMILES string of the molecule is c1ccc(-c2ccc3c(c2)c2cc4oc(-c5ccccc5)nc4cc2n3-c2ccc3oc4ccccc4c3c2)cc1. The number of para-hydroxylation sites is 1. The molecular formula is C37H22N2O2. The van der Waals surface area contributed by atoms with Crippen molar-refractivity contribution < 1.29 is 8.83 Å². The molecule has 0 bridgehead atoms. The second-order valence-electron chi connectivity index (χ2n) is 10.4. The molecule has 0 fully saturated rings. The average molecular weight is 527 g/mol. The molecule has 0 N–H and O–H groups in total. The van der Waals surface area contributed by atoms with Crippen LogP contribution in [0.15, 0.2) is 142 Å². The number of furan rings is 1. The second kappa shape index (κ2) is 8.44. The number of nitrogens with zero attached hydrogens (tertiary/aromatic N) is 2. The second-order valence-corrected chi connectivity index (χ2v) is 10.4. The molecule has 3 heterocycles. The van der Waals surface area contributed by atoms with Gasteiger partial charge in [-0.1, -0.05) is 72.8 Å². The Hall–Kier alpha value is -5.61. The predicted octanol–water partition coefficient (Wildman–Crippen LogP) is 10.2. The molecule has 0 aliphatic rings. The fourth-order valence-corrected chi connectivity index (χ4v) is 6.09. The number of hydrogen-bond acceptors (Lipinski definition) is 3. The van der Waals surface area contributed by atoms with Crippen LogP contribution in [-0.2, 0) is 0 Å². The maximum absolute atomic E-state index is 6.30. The molecule has 0 spiro atoms. The van der Waals surface area contributed by atoms with Crippen LogP contribution >= 0.6 is 0 Å². The number of fused-ring (bicyclic) bond motifs is 7. The first-order valence-corrected chi connectivity index (χ1v) is 13.7. The average Bonchev–Trinajstić information content (AvgIpc) is 3.71. The normalized spacial score (nSPS) is 11.9. The highest BCUT2D eigenvalue weighted by Gasteiger charge is 2.18. The number of hydrogen-bond donors (Lipinski definition) is 0. The van der Waals surface area contributed by atoms with Gasteiger partial charge >= 0.3 is 0 Å². The van der Waals surface area contributed by atoms with E-state index < -0.39 is 0 Å². The van der Waals surface area contributed by atoms with E-state index in [-0.39, 0.29) is 0 Å². The highest BCUT2D eigenvalue weighted by molar-refractivity contribution is 6.14. The summed E-state index contributed by atoms with van der Waals surface area (Å²) in [5.74, 6) is 0.625. The molecule has 4 heteroatoms. The van der Waals surface area contributed by atoms with Gasteiger partial charge in [-0.2, -0.15) is 0 Å². The molecule has 6 aromatic carbocycles. The third-order valence-electron chi connectivity index (χ3n) is 8.02. The van der Waals surface area contributed by atoms with Gasteiger partial charge in [0.05, 0.1) is 11.0 Å². The Morgan fingerprint density at radius 1 is 0.439 bits per heavy atom. The van der Waals surface area contributed by atoms with Crippen molar-refractivity contribution in [2.24, 2.45) is 0 Å². The van der Waals surface area contributed by atoms with Crippen LogP contribution in [0.5, 0.6) is 0 Å². The summed E-state index contributed by atoms with van der Waals surface area (Å²) in [6, 6.07) is 46.2. The monoisotopic (exact) mass is 526 g/mol. The summed E-state index contributed by atoms with van der Waals surface area (Å²) >= 11 is 0. The summed E-state index contributed by atoms with van der Waals surface area (Å²) in [4.78, 5) is 4.89. The van der Waals surface area contributed by atoms with Crippen molar-refractivity contribution in [1.82, 2.24) is 9.55 Å². The summed E-state index contributed by atoms with van der Waals surface area (Å²) in [5.41, 5.74) is 9.99. The molecule has 9 aromatic rings. The smallest absolute Gasteiger partial charge is 0.227 e. The zero-order valence-electron chi connectivity index (χ0n) is 21.9. The zero-order valence-corrected chi connectivity index (χ0v) is 21.9. The standard InChI is InChI=1S/C37H22N2O2/c1-3-9-23(10-4-1)25-15-17-32-28(19-25)29-21-36-31(38-37(41-36)24-11-5-2-6-12-24)22-33(29)39(32)26-16-18-35-30(20-26)27-13-7-8-14-34(27)40-35/h1-22H. The number of rotatable bonds is 3. The Bertz CT molecular complexity index is 2410. The Morgan fingerprint density at radius 2 is 1.17 bits per heavy atom. The van der Waals surface area contributed by atoms with Gasteiger partial charge in [-0.15, -0.1) is 0 Å². The minimum absolute atomic E-state index is 0.625. The van der Waals surface area contributed by atoms with Crippen LogP contribution < -0.4 is 0 Å². The van der Waals surface area contributed by atoms with Crippen LogP contribution in [0.25, 0.3) is 83.1 Å². The van der Waals surface area contributed by atoms with Crippen LogP contribution in [0.4, 0.5) is 0 Å². The van der Waals surface area contributed by atoms with Crippen molar-refractivity contribution in [3.8, 4) is 28.3 Å². The third-order valence-corrected chi connectivity index (χ3v) is 8.02. The van der Waals surface area contributed by atoms with Crippen molar-refractivity contribution in [3.63, 3.8) is 0 Å². The van der Waals surface area contributed by atoms with Gasteiger partial charge in [0, 0.05) is 32.8 Å². The summed E-state index contributed by atoms with van der Waals surface area (Å²) in [6.45, 7) is 0. The number of oxazole rings is 1. The van der Waals surface area contributed by atoms with E-state index in [0.717, 1.165) is 66.1 Å². The molecule has 192 valence electrons. The van der Waals surface area contributed by atoms with E-state index in [0.29, 0.717) is 5.89 Å². The van der Waals surface area contributed by atoms with Gasteiger partial charge in [-0.25, -0.2) is 4.98 Å². The topological polar surface area (TPSA) is 44.1 Å². The van der Waals surface area contributed by atoms with Crippen LogP contribution in [0.2, 0.25) is 0 Å². The number of aromatic nitrogens is 2. The van der Waals surface area contributed by atoms with Gasteiger partial charge in [-0.3, -0.25) is 0 Å². The predicted molar refractivity (Wildman–Crippen MR) is 166 cm³/mol. The minimum atomic E-state index is 0.625. The van der Waals surface area contributed by atoms with E-state index in [1.54, 1.807) is 0 Å². The lowest BCUT2D eigenvalue weighted by Gasteiger charge is -2.09. The molecule has 4 nitrogen and oxygen atoms in total. The van der Waals surface area contributed by atoms with Crippen LogP contribution in [0, 0.1) is 0 Å².